The molecule has 0 bridgehead atoms. The number of aromatic nitrogens is 1. The van der Waals surface area contributed by atoms with Crippen molar-refractivity contribution in [2.75, 3.05) is 19.6 Å². The average molecular weight is 351 g/mol. The summed E-state index contributed by atoms with van der Waals surface area (Å²) in [4.78, 5) is 33.9. The molecule has 2 saturated heterocycles. The van der Waals surface area contributed by atoms with Gasteiger partial charge < -0.3 is 9.80 Å². The summed E-state index contributed by atoms with van der Waals surface area (Å²) in [6.07, 6.45) is 6.16. The normalized spacial score (nSPS) is 23.7. The van der Waals surface area contributed by atoms with Gasteiger partial charge in [-0.25, -0.2) is 0 Å². The maximum Gasteiger partial charge on any atom is 0.255 e. The Labute approximate surface area is 154 Å². The first-order chi connectivity index (χ1) is 12.6. The van der Waals surface area contributed by atoms with Gasteiger partial charge in [-0.1, -0.05) is 18.2 Å². The van der Waals surface area contributed by atoms with Gasteiger partial charge in [0.25, 0.3) is 5.91 Å². The second kappa shape index (κ2) is 6.71. The molecule has 2 aromatic rings. The minimum atomic E-state index is -0.178. The van der Waals surface area contributed by atoms with Crippen LogP contribution in [0.2, 0.25) is 0 Å². The predicted octanol–water partition coefficient (Wildman–Crippen LogP) is 3.24. The molecule has 26 heavy (non-hydrogen) atoms. The van der Waals surface area contributed by atoms with Gasteiger partial charge in [-0.15, -0.1) is 0 Å². The van der Waals surface area contributed by atoms with E-state index in [-0.39, 0.29) is 17.4 Å². The highest BCUT2D eigenvalue weighted by atomic mass is 16.2. The Morgan fingerprint density at radius 1 is 1.23 bits per heavy atom. The van der Waals surface area contributed by atoms with Gasteiger partial charge >= 0.3 is 0 Å². The topological polar surface area (TPSA) is 53.5 Å². The van der Waals surface area contributed by atoms with Gasteiger partial charge in [-0.3, -0.25) is 14.6 Å². The van der Waals surface area contributed by atoms with Gasteiger partial charge in [-0.2, -0.15) is 0 Å². The van der Waals surface area contributed by atoms with Gasteiger partial charge in [0, 0.05) is 37.6 Å². The van der Waals surface area contributed by atoms with Crippen molar-refractivity contribution in [3.05, 3.63) is 42.1 Å². The highest BCUT2D eigenvalue weighted by Gasteiger charge is 2.45. The van der Waals surface area contributed by atoms with E-state index in [1.807, 2.05) is 47.1 Å². The maximum atomic E-state index is 13.1. The van der Waals surface area contributed by atoms with Crippen LogP contribution in [0.25, 0.3) is 10.9 Å². The molecule has 1 unspecified atom stereocenters. The number of hydrogen-bond donors (Lipinski definition) is 0. The van der Waals surface area contributed by atoms with Crippen molar-refractivity contribution in [2.45, 2.75) is 44.6 Å². The number of pyridine rings is 1. The summed E-state index contributed by atoms with van der Waals surface area (Å²) < 4.78 is 0. The number of carbonyl (C=O) groups is 2. The molecule has 2 aliphatic heterocycles. The lowest BCUT2D eigenvalue weighted by molar-refractivity contribution is -0.144. The first kappa shape index (κ1) is 17.0. The number of carbonyl (C=O) groups excluding carboxylic acids is 2. The molecule has 5 nitrogen and oxygen atoms in total. The molecule has 0 aliphatic carbocycles. The van der Waals surface area contributed by atoms with Crippen molar-refractivity contribution in [3.63, 3.8) is 0 Å². The molecule has 2 fully saturated rings. The number of rotatable bonds is 2. The second-order valence-corrected chi connectivity index (χ2v) is 7.46. The third-order valence-electron chi connectivity index (χ3n) is 5.90. The maximum absolute atomic E-state index is 13.1. The zero-order valence-corrected chi connectivity index (χ0v) is 15.3. The Morgan fingerprint density at radius 2 is 2.04 bits per heavy atom. The lowest BCUT2D eigenvalue weighted by Gasteiger charge is -2.51. The fraction of sp³-hybridized carbons (Fsp3) is 0.476. The highest BCUT2D eigenvalue weighted by Crippen LogP contribution is 2.37. The number of likely N-dealkylation sites (tertiary alicyclic amines) is 2. The van der Waals surface area contributed by atoms with E-state index in [0.29, 0.717) is 18.5 Å². The largest absolute Gasteiger partial charge is 0.336 e. The highest BCUT2D eigenvalue weighted by molar-refractivity contribution is 5.97. The molecule has 5 heteroatoms. The average Bonchev–Trinajstić information content (AvgIpc) is 2.67. The summed E-state index contributed by atoms with van der Waals surface area (Å²) in [5.41, 5.74) is 1.35. The van der Waals surface area contributed by atoms with Crippen LogP contribution in [-0.4, -0.2) is 51.8 Å². The van der Waals surface area contributed by atoms with Crippen LogP contribution in [0.1, 0.15) is 49.4 Å². The van der Waals surface area contributed by atoms with Crippen molar-refractivity contribution >= 4 is 22.7 Å². The van der Waals surface area contributed by atoms with Crippen LogP contribution in [-0.2, 0) is 4.79 Å². The van der Waals surface area contributed by atoms with E-state index in [1.54, 1.807) is 6.20 Å². The Hall–Kier alpha value is -2.43. The first-order valence-electron chi connectivity index (χ1n) is 9.57. The fourth-order valence-electron chi connectivity index (χ4n) is 4.70. The third kappa shape index (κ3) is 2.85. The summed E-state index contributed by atoms with van der Waals surface area (Å²) in [5, 5.41) is 0.980. The number of likely N-dealkylation sites (N-methyl/N-ethyl adjacent to an activating group) is 1. The van der Waals surface area contributed by atoms with E-state index in [4.69, 9.17) is 0 Å². The van der Waals surface area contributed by atoms with E-state index in [0.717, 1.165) is 49.7 Å². The Bertz CT molecular complexity index is 846. The minimum absolute atomic E-state index is 0.0244. The number of piperidine rings is 2. The van der Waals surface area contributed by atoms with Crippen molar-refractivity contribution < 1.29 is 9.59 Å². The SMILES string of the molecule is CCN1C(=O)CCCC12CCCN(C(=O)c1cnc3ccccc3c1)C2. The molecule has 0 radical (unpaired) electrons. The van der Waals surface area contributed by atoms with Crippen molar-refractivity contribution in [2.24, 2.45) is 0 Å². The van der Waals surface area contributed by atoms with E-state index >= 15 is 0 Å². The van der Waals surface area contributed by atoms with Crippen LogP contribution in [0.4, 0.5) is 0 Å². The number of nitrogens with zero attached hydrogens (tertiary/aromatic N) is 3. The monoisotopic (exact) mass is 351 g/mol. The van der Waals surface area contributed by atoms with Crippen molar-refractivity contribution in [3.8, 4) is 0 Å². The number of fused-ring (bicyclic) bond motifs is 1. The van der Waals surface area contributed by atoms with Crippen molar-refractivity contribution in [1.29, 1.82) is 0 Å². The third-order valence-corrected chi connectivity index (χ3v) is 5.90. The second-order valence-electron chi connectivity index (χ2n) is 7.46. The summed E-state index contributed by atoms with van der Waals surface area (Å²) in [6, 6.07) is 9.77. The summed E-state index contributed by atoms with van der Waals surface area (Å²) in [7, 11) is 0. The molecule has 136 valence electrons. The minimum Gasteiger partial charge on any atom is -0.336 e. The molecule has 1 atom stereocenters. The summed E-state index contributed by atoms with van der Waals surface area (Å²) in [6.45, 7) is 4.15. The van der Waals surface area contributed by atoms with Crippen LogP contribution in [0, 0.1) is 0 Å². The van der Waals surface area contributed by atoms with Crippen LogP contribution in [0.3, 0.4) is 0 Å². The van der Waals surface area contributed by atoms with E-state index in [1.165, 1.54) is 0 Å². The molecule has 1 aromatic heterocycles. The lowest BCUT2D eigenvalue weighted by atomic mass is 9.79. The quantitative estimate of drug-likeness (QED) is 0.835. The zero-order chi connectivity index (χ0) is 18.1. The van der Waals surface area contributed by atoms with Crippen LogP contribution < -0.4 is 0 Å². The zero-order valence-electron chi connectivity index (χ0n) is 15.3. The van der Waals surface area contributed by atoms with Crippen LogP contribution >= 0.6 is 0 Å². The van der Waals surface area contributed by atoms with Gasteiger partial charge in [0.2, 0.25) is 5.91 Å². The molecule has 4 rings (SSSR count). The molecule has 0 N–H and O–H groups in total. The number of para-hydroxylation sites is 1. The number of hydrogen-bond acceptors (Lipinski definition) is 3. The molecular formula is C21H25N3O2. The smallest absolute Gasteiger partial charge is 0.255 e. The van der Waals surface area contributed by atoms with Gasteiger partial charge in [0.05, 0.1) is 16.6 Å². The molecular weight excluding hydrogens is 326 g/mol. The lowest BCUT2D eigenvalue weighted by Crippen LogP contribution is -2.63. The van der Waals surface area contributed by atoms with Gasteiger partial charge in [-0.05, 0) is 44.7 Å². The molecule has 1 aromatic carbocycles. The van der Waals surface area contributed by atoms with Crippen LogP contribution in [0.15, 0.2) is 36.5 Å². The van der Waals surface area contributed by atoms with Gasteiger partial charge in [0.15, 0.2) is 0 Å². The molecule has 0 saturated carbocycles. The van der Waals surface area contributed by atoms with Crippen molar-refractivity contribution in [1.82, 2.24) is 14.8 Å². The molecule has 2 amide bonds. The first-order valence-corrected chi connectivity index (χ1v) is 9.57. The van der Waals surface area contributed by atoms with Gasteiger partial charge in [0.1, 0.15) is 0 Å². The predicted molar refractivity (Wildman–Crippen MR) is 101 cm³/mol. The Balaban J connectivity index is 1.60. The van der Waals surface area contributed by atoms with E-state index in [9.17, 15) is 9.59 Å². The Kier molecular flexibility index (Phi) is 4.39. The standard InChI is InChI=1S/C21H25N3O2/c1-2-24-19(25)9-5-10-21(24)11-6-12-23(15-21)20(26)17-13-16-7-3-4-8-18(16)22-14-17/h3-4,7-8,13-14H,2,5-6,9-12,15H2,1H3. The van der Waals surface area contributed by atoms with Crippen LogP contribution in [0.5, 0.6) is 0 Å². The number of amides is 2. The molecule has 1 spiro atoms. The summed E-state index contributed by atoms with van der Waals surface area (Å²) >= 11 is 0. The van der Waals surface area contributed by atoms with E-state index < -0.39 is 0 Å². The molecule has 3 heterocycles. The van der Waals surface area contributed by atoms with E-state index in [2.05, 4.69) is 4.98 Å². The fourth-order valence-corrected chi connectivity index (χ4v) is 4.70. The Morgan fingerprint density at radius 3 is 2.88 bits per heavy atom. The number of benzene rings is 1. The summed E-state index contributed by atoms with van der Waals surface area (Å²) in [5.74, 6) is 0.261. The molecule has 2 aliphatic rings.